The molecular weight excluding hydrogens is 260 g/mol. The number of para-hydroxylation sites is 1. The van der Waals surface area contributed by atoms with Crippen molar-refractivity contribution in [3.63, 3.8) is 0 Å². The standard InChI is InChI=1S/C18H18N2O/c1-2-14-8-6-7-11-17(14)19-13-16-12-18(20-21-16)15-9-4-3-5-10-15/h3-12,19H,2,13H2,1H3. The number of aromatic nitrogens is 1. The molecular formula is C18H18N2O. The first-order valence-corrected chi connectivity index (χ1v) is 7.19. The second-order valence-corrected chi connectivity index (χ2v) is 4.91. The normalized spacial score (nSPS) is 10.5. The molecule has 3 nitrogen and oxygen atoms in total. The van der Waals surface area contributed by atoms with Crippen molar-refractivity contribution in [1.29, 1.82) is 0 Å². The van der Waals surface area contributed by atoms with Gasteiger partial charge >= 0.3 is 0 Å². The van der Waals surface area contributed by atoms with Crippen LogP contribution in [0.25, 0.3) is 11.3 Å². The number of rotatable bonds is 5. The maximum atomic E-state index is 5.40. The summed E-state index contributed by atoms with van der Waals surface area (Å²) in [4.78, 5) is 0. The number of hydrogen-bond donors (Lipinski definition) is 1. The third-order valence-electron chi connectivity index (χ3n) is 3.48. The van der Waals surface area contributed by atoms with Crippen LogP contribution in [0.5, 0.6) is 0 Å². The topological polar surface area (TPSA) is 38.1 Å². The van der Waals surface area contributed by atoms with E-state index >= 15 is 0 Å². The molecule has 21 heavy (non-hydrogen) atoms. The molecule has 0 aliphatic heterocycles. The van der Waals surface area contributed by atoms with E-state index in [4.69, 9.17) is 4.52 Å². The summed E-state index contributed by atoms with van der Waals surface area (Å²) >= 11 is 0. The minimum absolute atomic E-state index is 0.636. The number of aryl methyl sites for hydroxylation is 1. The van der Waals surface area contributed by atoms with Gasteiger partial charge in [0.05, 0.1) is 6.54 Å². The van der Waals surface area contributed by atoms with Gasteiger partial charge in [-0.2, -0.15) is 0 Å². The molecule has 0 fully saturated rings. The SMILES string of the molecule is CCc1ccccc1NCc1cc(-c2ccccc2)no1. The molecule has 3 aromatic rings. The Labute approximate surface area is 124 Å². The van der Waals surface area contributed by atoms with Gasteiger partial charge < -0.3 is 9.84 Å². The Morgan fingerprint density at radius 3 is 2.57 bits per heavy atom. The highest BCUT2D eigenvalue weighted by atomic mass is 16.5. The van der Waals surface area contributed by atoms with Crippen molar-refractivity contribution in [3.05, 3.63) is 72.0 Å². The predicted molar refractivity (Wildman–Crippen MR) is 85.1 cm³/mol. The largest absolute Gasteiger partial charge is 0.377 e. The molecule has 0 spiro atoms. The van der Waals surface area contributed by atoms with Gasteiger partial charge in [-0.15, -0.1) is 0 Å². The molecule has 0 atom stereocenters. The molecule has 2 aromatic carbocycles. The first-order chi connectivity index (χ1) is 10.4. The predicted octanol–water partition coefficient (Wildman–Crippen LogP) is 4.52. The average molecular weight is 278 g/mol. The Morgan fingerprint density at radius 1 is 1.00 bits per heavy atom. The first kappa shape index (κ1) is 13.4. The zero-order valence-electron chi connectivity index (χ0n) is 12.0. The highest BCUT2D eigenvalue weighted by Crippen LogP contribution is 2.20. The van der Waals surface area contributed by atoms with Crippen molar-refractivity contribution in [3.8, 4) is 11.3 Å². The van der Waals surface area contributed by atoms with Crippen LogP contribution in [0.2, 0.25) is 0 Å². The Morgan fingerprint density at radius 2 is 1.76 bits per heavy atom. The number of anilines is 1. The van der Waals surface area contributed by atoms with Crippen LogP contribution in [0, 0.1) is 0 Å². The molecule has 0 aliphatic carbocycles. The number of benzene rings is 2. The zero-order valence-corrected chi connectivity index (χ0v) is 12.0. The minimum atomic E-state index is 0.636. The summed E-state index contributed by atoms with van der Waals surface area (Å²) < 4.78 is 5.40. The molecule has 0 unspecified atom stereocenters. The molecule has 106 valence electrons. The van der Waals surface area contributed by atoms with Crippen LogP contribution < -0.4 is 5.32 Å². The third-order valence-corrected chi connectivity index (χ3v) is 3.48. The lowest BCUT2D eigenvalue weighted by Crippen LogP contribution is -2.00. The third kappa shape index (κ3) is 3.14. The van der Waals surface area contributed by atoms with Gasteiger partial charge in [0.15, 0.2) is 5.76 Å². The lowest BCUT2D eigenvalue weighted by Gasteiger charge is -2.08. The molecule has 3 rings (SSSR count). The fourth-order valence-corrected chi connectivity index (χ4v) is 2.32. The lowest BCUT2D eigenvalue weighted by atomic mass is 10.1. The smallest absolute Gasteiger partial charge is 0.156 e. The van der Waals surface area contributed by atoms with E-state index in [1.54, 1.807) is 0 Å². The summed E-state index contributed by atoms with van der Waals surface area (Å²) in [5, 5.41) is 7.54. The van der Waals surface area contributed by atoms with E-state index in [9.17, 15) is 0 Å². The van der Waals surface area contributed by atoms with E-state index < -0.39 is 0 Å². The van der Waals surface area contributed by atoms with Gasteiger partial charge in [-0.25, -0.2) is 0 Å². The number of hydrogen-bond acceptors (Lipinski definition) is 3. The summed E-state index contributed by atoms with van der Waals surface area (Å²) in [5.74, 6) is 0.833. The van der Waals surface area contributed by atoms with E-state index in [2.05, 4.69) is 35.6 Å². The van der Waals surface area contributed by atoms with Gasteiger partial charge in [0.25, 0.3) is 0 Å². The van der Waals surface area contributed by atoms with Crippen LogP contribution in [0.3, 0.4) is 0 Å². The van der Waals surface area contributed by atoms with Crippen LogP contribution in [0.1, 0.15) is 18.2 Å². The molecule has 1 heterocycles. The maximum absolute atomic E-state index is 5.40. The highest BCUT2D eigenvalue weighted by molar-refractivity contribution is 5.58. The molecule has 1 N–H and O–H groups in total. The molecule has 3 heteroatoms. The van der Waals surface area contributed by atoms with E-state index in [1.807, 2.05) is 42.5 Å². The van der Waals surface area contributed by atoms with Crippen molar-refractivity contribution < 1.29 is 4.52 Å². The summed E-state index contributed by atoms with van der Waals surface area (Å²) in [5.41, 5.74) is 4.40. The van der Waals surface area contributed by atoms with Gasteiger partial charge in [-0.05, 0) is 18.1 Å². The molecule has 0 radical (unpaired) electrons. The first-order valence-electron chi connectivity index (χ1n) is 7.19. The van der Waals surface area contributed by atoms with Gasteiger partial charge in [-0.3, -0.25) is 0 Å². The van der Waals surface area contributed by atoms with Crippen molar-refractivity contribution in [2.24, 2.45) is 0 Å². The summed E-state index contributed by atoms with van der Waals surface area (Å²) in [6.45, 7) is 2.79. The summed E-state index contributed by atoms with van der Waals surface area (Å²) in [6, 6.07) is 20.4. The van der Waals surface area contributed by atoms with E-state index in [0.717, 1.165) is 29.1 Å². The van der Waals surface area contributed by atoms with Crippen LogP contribution in [0.15, 0.2) is 65.2 Å². The maximum Gasteiger partial charge on any atom is 0.156 e. The quantitative estimate of drug-likeness (QED) is 0.746. The second-order valence-electron chi connectivity index (χ2n) is 4.91. The van der Waals surface area contributed by atoms with E-state index in [-0.39, 0.29) is 0 Å². The zero-order chi connectivity index (χ0) is 14.5. The molecule has 0 saturated heterocycles. The monoisotopic (exact) mass is 278 g/mol. The molecule has 0 saturated carbocycles. The van der Waals surface area contributed by atoms with Gasteiger partial charge in [0.1, 0.15) is 5.69 Å². The van der Waals surface area contributed by atoms with Crippen LogP contribution in [0.4, 0.5) is 5.69 Å². The molecule has 0 aliphatic rings. The van der Waals surface area contributed by atoms with E-state index in [1.165, 1.54) is 5.56 Å². The van der Waals surface area contributed by atoms with Crippen molar-refractivity contribution >= 4 is 5.69 Å². The fourth-order valence-electron chi connectivity index (χ4n) is 2.32. The Hall–Kier alpha value is -2.55. The van der Waals surface area contributed by atoms with Crippen molar-refractivity contribution in [1.82, 2.24) is 5.16 Å². The second kappa shape index (κ2) is 6.27. The summed E-state index contributed by atoms with van der Waals surface area (Å²) in [7, 11) is 0. The van der Waals surface area contributed by atoms with Gasteiger partial charge in [-0.1, -0.05) is 60.6 Å². The van der Waals surface area contributed by atoms with Crippen LogP contribution in [-0.4, -0.2) is 5.16 Å². The van der Waals surface area contributed by atoms with Crippen LogP contribution in [-0.2, 0) is 13.0 Å². The molecule has 0 amide bonds. The molecule has 1 aromatic heterocycles. The van der Waals surface area contributed by atoms with E-state index in [0.29, 0.717) is 6.54 Å². The summed E-state index contributed by atoms with van der Waals surface area (Å²) in [6.07, 6.45) is 1.01. The van der Waals surface area contributed by atoms with Crippen molar-refractivity contribution in [2.45, 2.75) is 19.9 Å². The Balaban J connectivity index is 1.71. The Kier molecular flexibility index (Phi) is 4.01. The average Bonchev–Trinajstić information content (AvgIpc) is 3.03. The minimum Gasteiger partial charge on any atom is -0.377 e. The Bertz CT molecular complexity index is 704. The van der Waals surface area contributed by atoms with Crippen LogP contribution >= 0.6 is 0 Å². The number of nitrogens with zero attached hydrogens (tertiary/aromatic N) is 1. The van der Waals surface area contributed by atoms with Crippen molar-refractivity contribution in [2.75, 3.05) is 5.32 Å². The fraction of sp³-hybridized carbons (Fsp3) is 0.167. The van der Waals surface area contributed by atoms with Gasteiger partial charge in [0, 0.05) is 17.3 Å². The number of nitrogens with one attached hydrogen (secondary N) is 1. The molecule has 0 bridgehead atoms. The lowest BCUT2D eigenvalue weighted by molar-refractivity contribution is 0.390. The highest BCUT2D eigenvalue weighted by Gasteiger charge is 2.06. The van der Waals surface area contributed by atoms with Gasteiger partial charge in [0.2, 0.25) is 0 Å².